The van der Waals surface area contributed by atoms with E-state index in [0.29, 0.717) is 0 Å². The molecule has 0 saturated heterocycles. The lowest BCUT2D eigenvalue weighted by molar-refractivity contribution is 0.457. The van der Waals surface area contributed by atoms with Crippen LogP contribution in [0.4, 0.5) is 4.39 Å². The summed E-state index contributed by atoms with van der Waals surface area (Å²) in [7, 11) is -2.00. The van der Waals surface area contributed by atoms with Crippen LogP contribution in [0.1, 0.15) is 20.8 Å². The summed E-state index contributed by atoms with van der Waals surface area (Å²) in [6.07, 6.45) is 0. The Hall–Kier alpha value is -0.543. The Bertz CT molecular complexity index is 385. The van der Waals surface area contributed by atoms with Crippen LogP contribution in [-0.4, -0.2) is 8.32 Å². The van der Waals surface area contributed by atoms with Crippen molar-refractivity contribution in [3.8, 4) is 5.75 Å². The second-order valence-electron chi connectivity index (χ2n) is 5.41. The lowest BCUT2D eigenvalue weighted by Crippen LogP contribution is -2.44. The van der Waals surface area contributed by atoms with Gasteiger partial charge in [-0.3, -0.25) is 0 Å². The first-order chi connectivity index (χ1) is 7.15. The molecule has 0 fully saturated rings. The normalized spacial score (nSPS) is 12.7. The van der Waals surface area contributed by atoms with Gasteiger partial charge in [0.1, 0.15) is 5.75 Å². The molecule has 0 aliphatic heterocycles. The average Bonchev–Trinajstić information content (AvgIpc) is 2.11. The Morgan fingerprint density at radius 2 is 1.81 bits per heavy atom. The molecule has 0 spiro atoms. The molecule has 0 aliphatic rings. The summed E-state index contributed by atoms with van der Waals surface area (Å²) in [5, 5.41) is 0.151. The van der Waals surface area contributed by atoms with E-state index in [1.807, 2.05) is 0 Å². The summed E-state index contributed by atoms with van der Waals surface area (Å²) in [5.74, 6) is -0.201. The molecule has 0 radical (unpaired) electrons. The van der Waals surface area contributed by atoms with Crippen LogP contribution in [0, 0.1) is 5.82 Å². The summed E-state index contributed by atoms with van der Waals surface area (Å²) in [4.78, 5) is 0. The molecule has 1 nitrogen and oxygen atoms in total. The maximum absolute atomic E-state index is 13.7. The highest BCUT2D eigenvalue weighted by Crippen LogP contribution is 2.38. The highest BCUT2D eigenvalue weighted by atomic mass is 35.5. The third-order valence-electron chi connectivity index (χ3n) is 3.09. The van der Waals surface area contributed by atoms with Gasteiger partial charge in [0.2, 0.25) is 0 Å². The van der Waals surface area contributed by atoms with Crippen molar-refractivity contribution in [1.82, 2.24) is 0 Å². The van der Waals surface area contributed by atoms with Gasteiger partial charge in [0.25, 0.3) is 8.32 Å². The van der Waals surface area contributed by atoms with Crippen LogP contribution in [0.25, 0.3) is 0 Å². The van der Waals surface area contributed by atoms with Gasteiger partial charge >= 0.3 is 0 Å². The minimum atomic E-state index is -2.00. The number of hydrogen-bond acceptors (Lipinski definition) is 1. The summed E-state index contributed by atoms with van der Waals surface area (Å²) < 4.78 is 19.5. The van der Waals surface area contributed by atoms with Crippen molar-refractivity contribution >= 4 is 19.9 Å². The fourth-order valence-corrected chi connectivity index (χ4v) is 2.17. The molecule has 0 aromatic heterocycles. The second-order valence-corrected chi connectivity index (χ2v) is 10.5. The van der Waals surface area contributed by atoms with E-state index in [4.69, 9.17) is 16.0 Å². The lowest BCUT2D eigenvalue weighted by atomic mass is 10.2. The summed E-state index contributed by atoms with van der Waals surface area (Å²) >= 11 is 5.72. The average molecular weight is 261 g/mol. The van der Waals surface area contributed by atoms with Crippen LogP contribution in [0.2, 0.25) is 23.2 Å². The molecule has 1 rings (SSSR count). The van der Waals surface area contributed by atoms with Crippen molar-refractivity contribution in [3.05, 3.63) is 29.0 Å². The van der Waals surface area contributed by atoms with E-state index >= 15 is 0 Å². The van der Waals surface area contributed by atoms with Crippen molar-refractivity contribution in [3.63, 3.8) is 0 Å². The number of rotatable bonds is 2. The fourth-order valence-electron chi connectivity index (χ4n) is 0.991. The first-order valence-corrected chi connectivity index (χ1v) is 8.57. The van der Waals surface area contributed by atoms with Crippen LogP contribution < -0.4 is 4.43 Å². The van der Waals surface area contributed by atoms with Crippen LogP contribution in [0.3, 0.4) is 0 Å². The summed E-state index contributed by atoms with van der Waals surface area (Å²) in [6, 6.07) is 4.85. The third-order valence-corrected chi connectivity index (χ3v) is 7.72. The van der Waals surface area contributed by atoms with Gasteiger partial charge < -0.3 is 4.43 Å². The molecule has 0 bridgehead atoms. The summed E-state index contributed by atoms with van der Waals surface area (Å²) in [6.45, 7) is 10.5. The maximum atomic E-state index is 13.7. The third kappa shape index (κ3) is 2.77. The molecule has 4 heteroatoms. The zero-order valence-electron chi connectivity index (χ0n) is 10.4. The molecular weight excluding hydrogens is 243 g/mol. The molecule has 16 heavy (non-hydrogen) atoms. The molecule has 0 heterocycles. The zero-order valence-corrected chi connectivity index (χ0v) is 12.2. The first kappa shape index (κ1) is 13.5. The van der Waals surface area contributed by atoms with E-state index in [1.54, 1.807) is 12.1 Å². The van der Waals surface area contributed by atoms with Gasteiger partial charge in [-0.15, -0.1) is 0 Å². The van der Waals surface area contributed by atoms with Crippen LogP contribution >= 0.6 is 11.6 Å². The van der Waals surface area contributed by atoms with Gasteiger partial charge in [0.05, 0.1) is 5.02 Å². The van der Waals surface area contributed by atoms with Gasteiger partial charge in [-0.1, -0.05) is 38.4 Å². The van der Waals surface area contributed by atoms with Crippen molar-refractivity contribution < 1.29 is 8.82 Å². The Kier molecular flexibility index (Phi) is 3.70. The monoisotopic (exact) mass is 260 g/mol. The van der Waals surface area contributed by atoms with Crippen LogP contribution in [0.15, 0.2) is 18.2 Å². The number of halogens is 2. The highest BCUT2D eigenvalue weighted by molar-refractivity contribution is 6.74. The van der Waals surface area contributed by atoms with E-state index in [0.717, 1.165) is 0 Å². The van der Waals surface area contributed by atoms with Crippen LogP contribution in [-0.2, 0) is 0 Å². The largest absolute Gasteiger partial charge is 0.542 e. The minimum absolute atomic E-state index is 0.0434. The zero-order chi connectivity index (χ0) is 12.6. The van der Waals surface area contributed by atoms with Gasteiger partial charge in [-0.05, 0) is 30.3 Å². The molecule has 0 N–H and O–H groups in total. The van der Waals surface area contributed by atoms with Crippen molar-refractivity contribution in [2.75, 3.05) is 0 Å². The minimum Gasteiger partial charge on any atom is -0.542 e. The van der Waals surface area contributed by atoms with E-state index < -0.39 is 14.1 Å². The molecule has 0 amide bonds. The Morgan fingerprint density at radius 3 is 2.31 bits per heavy atom. The van der Waals surface area contributed by atoms with Gasteiger partial charge in [0, 0.05) is 0 Å². The topological polar surface area (TPSA) is 9.23 Å². The molecule has 90 valence electrons. The van der Waals surface area contributed by atoms with Gasteiger partial charge in [-0.25, -0.2) is 4.39 Å². The second kappa shape index (κ2) is 4.38. The maximum Gasteiger partial charge on any atom is 0.250 e. The molecule has 1 aromatic carbocycles. The Labute approximate surface area is 103 Å². The van der Waals surface area contributed by atoms with Crippen LogP contribution in [0.5, 0.6) is 5.75 Å². The van der Waals surface area contributed by atoms with Crippen molar-refractivity contribution in [2.24, 2.45) is 0 Å². The molecule has 0 saturated carbocycles. The first-order valence-electron chi connectivity index (χ1n) is 5.28. The highest BCUT2D eigenvalue weighted by Gasteiger charge is 2.39. The predicted octanol–water partition coefficient (Wildman–Crippen LogP) is 4.86. The van der Waals surface area contributed by atoms with Gasteiger partial charge in [0.15, 0.2) is 5.82 Å². The van der Waals surface area contributed by atoms with E-state index in [2.05, 4.69) is 33.9 Å². The summed E-state index contributed by atoms with van der Waals surface area (Å²) in [5.41, 5.74) is 0. The van der Waals surface area contributed by atoms with Gasteiger partial charge in [-0.2, -0.15) is 0 Å². The standard InChI is InChI=1S/C12H18ClFOSi/c1-12(2,3)16(4,5)15-10-8-6-7-9(13)11(10)14/h6-8H,1-5H3. The number of benzene rings is 1. The Morgan fingerprint density at radius 1 is 1.25 bits per heavy atom. The Balaban J connectivity index is 3.02. The molecular formula is C12H18ClFOSi. The smallest absolute Gasteiger partial charge is 0.250 e. The SMILES string of the molecule is CC(C)(C)[Si](C)(C)Oc1cccc(Cl)c1F. The molecule has 0 atom stereocenters. The van der Waals surface area contributed by atoms with E-state index in [9.17, 15) is 4.39 Å². The van der Waals surface area contributed by atoms with E-state index in [1.165, 1.54) is 6.07 Å². The lowest BCUT2D eigenvalue weighted by Gasteiger charge is -2.36. The number of hydrogen-bond donors (Lipinski definition) is 0. The molecule has 1 aromatic rings. The predicted molar refractivity (Wildman–Crippen MR) is 69.2 cm³/mol. The van der Waals surface area contributed by atoms with E-state index in [-0.39, 0.29) is 15.8 Å². The quantitative estimate of drug-likeness (QED) is 0.690. The molecule has 0 unspecified atom stereocenters. The fraction of sp³-hybridized carbons (Fsp3) is 0.500. The molecule has 0 aliphatic carbocycles. The van der Waals surface area contributed by atoms with Crippen molar-refractivity contribution in [1.29, 1.82) is 0 Å². The van der Waals surface area contributed by atoms with Crippen molar-refractivity contribution in [2.45, 2.75) is 38.9 Å².